The summed E-state index contributed by atoms with van der Waals surface area (Å²) >= 11 is 0. The van der Waals surface area contributed by atoms with Crippen molar-refractivity contribution < 1.29 is 27.8 Å². The van der Waals surface area contributed by atoms with Gasteiger partial charge >= 0.3 is 11.8 Å². The van der Waals surface area contributed by atoms with Gasteiger partial charge in [0.05, 0.1) is 12.7 Å². The zero-order valence-electron chi connectivity index (χ0n) is 22.0. The number of fused-ring (bicyclic) bond motifs is 3. The molecule has 1 unspecified atom stereocenters. The van der Waals surface area contributed by atoms with Crippen molar-refractivity contribution in [2.24, 2.45) is 11.7 Å². The number of likely N-dealkylation sites (tertiary alicyclic amines) is 1. The van der Waals surface area contributed by atoms with E-state index in [4.69, 9.17) is 15.2 Å². The Morgan fingerprint density at radius 3 is 2.63 bits per heavy atom. The number of rotatable bonds is 5. The van der Waals surface area contributed by atoms with E-state index in [9.17, 15) is 14.4 Å². The molecule has 2 aromatic heterocycles. The third kappa shape index (κ3) is 4.22. The van der Waals surface area contributed by atoms with Crippen molar-refractivity contribution in [3.63, 3.8) is 0 Å². The molecule has 2 fully saturated rings. The smallest absolute Gasteiger partial charge is 0.416 e. The maximum absolute atomic E-state index is 15.5. The number of amides is 2. The van der Waals surface area contributed by atoms with E-state index < -0.39 is 29.0 Å². The highest BCUT2D eigenvalue weighted by Crippen LogP contribution is 2.39. The van der Waals surface area contributed by atoms with E-state index in [1.807, 2.05) is 0 Å². The molecule has 7 rings (SSSR count). The number of hydrogen-bond acceptors (Lipinski definition) is 9. The van der Waals surface area contributed by atoms with Crippen LogP contribution >= 0.6 is 0 Å². The lowest BCUT2D eigenvalue weighted by molar-refractivity contribution is -0.118. The molecule has 0 bridgehead atoms. The summed E-state index contributed by atoms with van der Waals surface area (Å²) < 4.78 is 43.1. The van der Waals surface area contributed by atoms with Crippen LogP contribution in [0.1, 0.15) is 24.0 Å². The van der Waals surface area contributed by atoms with Crippen LogP contribution in [0.2, 0.25) is 0 Å². The zero-order valence-corrected chi connectivity index (χ0v) is 22.0. The van der Waals surface area contributed by atoms with Crippen LogP contribution in [0.15, 0.2) is 11.0 Å². The van der Waals surface area contributed by atoms with Crippen LogP contribution in [0.25, 0.3) is 11.0 Å². The summed E-state index contributed by atoms with van der Waals surface area (Å²) in [5.74, 6) is -0.851. The molecule has 0 saturated carbocycles. The summed E-state index contributed by atoms with van der Waals surface area (Å²) in [5.41, 5.74) is 4.80. The van der Waals surface area contributed by atoms with E-state index in [2.05, 4.69) is 25.2 Å². The van der Waals surface area contributed by atoms with Crippen molar-refractivity contribution in [1.82, 2.24) is 24.4 Å². The van der Waals surface area contributed by atoms with Crippen LogP contribution in [-0.2, 0) is 28.9 Å². The van der Waals surface area contributed by atoms with Gasteiger partial charge in [0.1, 0.15) is 16.6 Å². The molecule has 41 heavy (non-hydrogen) atoms. The Kier molecular flexibility index (Phi) is 5.97. The minimum Gasteiger partial charge on any atom is -0.465 e. The molecular formula is C26H28F2N8O5. The minimum absolute atomic E-state index is 0.00932. The number of piperidine rings is 1. The van der Waals surface area contributed by atoms with E-state index in [1.54, 1.807) is 0 Å². The molecule has 1 atom stereocenters. The Labute approximate surface area is 231 Å². The Balaban J connectivity index is 1.01. The summed E-state index contributed by atoms with van der Waals surface area (Å²) in [6.45, 7) is 2.32. The van der Waals surface area contributed by atoms with Crippen molar-refractivity contribution >= 4 is 34.7 Å². The predicted molar refractivity (Wildman–Crippen MR) is 141 cm³/mol. The molecule has 2 saturated heterocycles. The average Bonchev–Trinajstić information content (AvgIpc) is 3.63. The van der Waals surface area contributed by atoms with Crippen molar-refractivity contribution in [2.75, 3.05) is 49.5 Å². The Morgan fingerprint density at radius 1 is 1.12 bits per heavy atom. The SMILES string of the molecule is NCCn1c(=O)[nH]c2c(F)c3c(c(F)c21)CC(CN1CCC2(CC1)CN(c1cnc4c(n1)NC(=O)CO4)C(=O)O2)C3. The first kappa shape index (κ1) is 25.8. The molecule has 3 aliphatic heterocycles. The van der Waals surface area contributed by atoms with Gasteiger partial charge in [-0.15, -0.1) is 0 Å². The van der Waals surface area contributed by atoms with Crippen LogP contribution in [-0.4, -0.2) is 81.4 Å². The molecule has 1 aromatic carbocycles. The Morgan fingerprint density at radius 2 is 1.88 bits per heavy atom. The lowest BCUT2D eigenvalue weighted by atomic mass is 9.90. The molecule has 13 nitrogen and oxygen atoms in total. The van der Waals surface area contributed by atoms with Gasteiger partial charge in [0.25, 0.3) is 11.8 Å². The number of nitrogens with zero attached hydrogens (tertiary/aromatic N) is 5. The minimum atomic E-state index is -0.687. The van der Waals surface area contributed by atoms with Gasteiger partial charge < -0.3 is 30.4 Å². The van der Waals surface area contributed by atoms with Crippen molar-refractivity contribution in [1.29, 1.82) is 0 Å². The molecule has 2 amide bonds. The summed E-state index contributed by atoms with van der Waals surface area (Å²) in [6, 6.07) is 0. The van der Waals surface area contributed by atoms with Gasteiger partial charge in [-0.05, 0) is 29.9 Å². The van der Waals surface area contributed by atoms with E-state index in [1.165, 1.54) is 11.1 Å². The third-order valence-corrected chi connectivity index (χ3v) is 8.50. The second-order valence-corrected chi connectivity index (χ2v) is 11.1. The first-order valence-corrected chi connectivity index (χ1v) is 13.6. The number of aromatic amines is 1. The standard InChI is InChI=1S/C26H28F2N8O5/c27-18-14-7-13(8-15(14)19(28)21-20(18)33-24(38)35(21)6-3-29)10-34-4-1-26(2-5-34)12-36(25(39)41-26)16-9-30-23-22(31-16)32-17(37)11-40-23/h9,13H,1-8,10-12,29H2,(H,33,38)(H,31,32,37). The van der Waals surface area contributed by atoms with Gasteiger partial charge in [-0.3, -0.25) is 14.3 Å². The monoisotopic (exact) mass is 570 g/mol. The van der Waals surface area contributed by atoms with Gasteiger partial charge in [-0.2, -0.15) is 0 Å². The number of anilines is 2. The Hall–Kier alpha value is -4.11. The van der Waals surface area contributed by atoms with E-state index in [0.717, 1.165) is 4.57 Å². The van der Waals surface area contributed by atoms with Crippen LogP contribution in [0.3, 0.4) is 0 Å². The van der Waals surface area contributed by atoms with E-state index >= 15 is 8.78 Å². The number of carbonyl (C=O) groups excluding carboxylic acids is 2. The molecule has 5 heterocycles. The normalized spacial score (nSPS) is 21.6. The highest BCUT2D eigenvalue weighted by molar-refractivity contribution is 5.94. The molecule has 3 aromatic rings. The number of nitrogens with one attached hydrogen (secondary N) is 2. The largest absolute Gasteiger partial charge is 0.465 e. The molecule has 216 valence electrons. The van der Waals surface area contributed by atoms with Gasteiger partial charge in [-0.25, -0.2) is 28.3 Å². The van der Waals surface area contributed by atoms with E-state index in [0.29, 0.717) is 63.0 Å². The number of carbonyl (C=O) groups is 2. The van der Waals surface area contributed by atoms with Crippen LogP contribution < -0.4 is 26.4 Å². The van der Waals surface area contributed by atoms with Crippen molar-refractivity contribution in [3.8, 4) is 5.88 Å². The highest BCUT2D eigenvalue weighted by Gasteiger charge is 2.48. The average molecular weight is 571 g/mol. The van der Waals surface area contributed by atoms with Gasteiger partial charge in [0.2, 0.25) is 0 Å². The molecule has 0 radical (unpaired) electrons. The molecule has 4 aliphatic rings. The summed E-state index contributed by atoms with van der Waals surface area (Å²) in [7, 11) is 0. The zero-order chi connectivity index (χ0) is 28.5. The Bertz CT molecular complexity index is 1650. The fraction of sp³-hybridized carbons (Fsp3) is 0.500. The number of aromatic nitrogens is 4. The molecular weight excluding hydrogens is 542 g/mol. The van der Waals surface area contributed by atoms with Crippen LogP contribution in [0.5, 0.6) is 5.88 Å². The number of benzene rings is 1. The fourth-order valence-corrected chi connectivity index (χ4v) is 6.52. The highest BCUT2D eigenvalue weighted by atomic mass is 19.1. The lowest BCUT2D eigenvalue weighted by Crippen LogP contribution is -2.48. The second-order valence-electron chi connectivity index (χ2n) is 11.1. The number of imidazole rings is 1. The van der Waals surface area contributed by atoms with Crippen molar-refractivity contribution in [3.05, 3.63) is 39.4 Å². The quantitative estimate of drug-likeness (QED) is 0.405. The van der Waals surface area contributed by atoms with Crippen LogP contribution in [0, 0.1) is 17.6 Å². The van der Waals surface area contributed by atoms with Gasteiger partial charge in [0.15, 0.2) is 29.9 Å². The van der Waals surface area contributed by atoms with Crippen molar-refractivity contribution in [2.45, 2.75) is 37.8 Å². The van der Waals surface area contributed by atoms with Gasteiger partial charge in [-0.1, -0.05) is 0 Å². The lowest BCUT2D eigenvalue weighted by Gasteiger charge is -2.38. The molecule has 4 N–H and O–H groups in total. The second kappa shape index (κ2) is 9.48. The molecule has 1 spiro atoms. The summed E-state index contributed by atoms with van der Waals surface area (Å²) in [5, 5.41) is 2.59. The number of hydrogen-bond donors (Lipinski definition) is 3. The number of nitrogens with two attached hydrogens (primary N) is 1. The predicted octanol–water partition coefficient (Wildman–Crippen LogP) is 0.894. The maximum Gasteiger partial charge on any atom is 0.416 e. The molecule has 15 heteroatoms. The number of ether oxygens (including phenoxy) is 2. The summed E-state index contributed by atoms with van der Waals surface area (Å²) in [6.07, 6.45) is 2.81. The van der Waals surface area contributed by atoms with Crippen LogP contribution in [0.4, 0.5) is 25.2 Å². The number of H-pyrrole nitrogens is 1. The number of halogens is 2. The van der Waals surface area contributed by atoms with E-state index in [-0.39, 0.29) is 60.1 Å². The topological polar surface area (TPSA) is 161 Å². The summed E-state index contributed by atoms with van der Waals surface area (Å²) in [4.78, 5) is 51.3. The van der Waals surface area contributed by atoms with Gasteiger partial charge in [0, 0.05) is 45.6 Å². The fourth-order valence-electron chi connectivity index (χ4n) is 6.52. The third-order valence-electron chi connectivity index (χ3n) is 8.50. The maximum atomic E-state index is 15.5. The first-order chi connectivity index (χ1) is 19.7. The first-order valence-electron chi connectivity index (χ1n) is 13.6. The molecule has 1 aliphatic carbocycles.